The highest BCUT2D eigenvalue weighted by atomic mass is 16.2. The minimum absolute atomic E-state index is 0.224. The van der Waals surface area contributed by atoms with Crippen molar-refractivity contribution in [3.63, 3.8) is 0 Å². The van der Waals surface area contributed by atoms with Crippen molar-refractivity contribution < 1.29 is 5.11 Å². The van der Waals surface area contributed by atoms with E-state index in [2.05, 4.69) is 48.2 Å². The summed E-state index contributed by atoms with van der Waals surface area (Å²) in [6, 6.07) is 26.9. The van der Waals surface area contributed by atoms with Crippen LogP contribution < -0.4 is 0 Å². The van der Waals surface area contributed by atoms with Crippen LogP contribution in [0.2, 0.25) is 0 Å². The fraction of sp³-hybridized carbons (Fsp3) is 0.200. The Labute approximate surface area is 157 Å². The molecule has 26 heavy (non-hydrogen) atoms. The average molecular weight is 342 g/mol. The Morgan fingerprint density at radius 2 is 1.31 bits per heavy atom. The molecule has 0 unspecified atom stereocenters. The Morgan fingerprint density at radius 1 is 0.692 bits per heavy atom. The lowest BCUT2D eigenvalue weighted by atomic mass is 10.0. The number of rotatable bonds is 4. The van der Waals surface area contributed by atoms with Crippen LogP contribution in [0.15, 0.2) is 78.9 Å². The summed E-state index contributed by atoms with van der Waals surface area (Å²) in [5.41, 5.74) is 5.62. The summed E-state index contributed by atoms with van der Waals surface area (Å²) in [6.45, 7) is 4.22. The average Bonchev–Trinajstić information content (AvgIpc) is 2.73. The number of hydrogen-bond donors (Lipinski definition) is 1. The van der Waals surface area contributed by atoms with Crippen LogP contribution in [0.1, 0.15) is 37.0 Å². The van der Waals surface area contributed by atoms with Gasteiger partial charge in [0.15, 0.2) is 0 Å². The maximum Gasteiger partial charge on any atom is 0.0434 e. The predicted molar refractivity (Wildman–Crippen MR) is 111 cm³/mol. The SMILES string of the molecule is CC.OCCCc1cccc(C#Cc2cccc(-c3ccccc3)c2)c1. The van der Waals surface area contributed by atoms with E-state index in [4.69, 9.17) is 5.11 Å². The molecule has 1 N–H and O–H groups in total. The van der Waals surface area contributed by atoms with E-state index in [0.717, 1.165) is 24.0 Å². The second-order valence-electron chi connectivity index (χ2n) is 5.72. The molecule has 3 aromatic carbocycles. The largest absolute Gasteiger partial charge is 0.396 e. The number of aliphatic hydroxyl groups excluding tert-OH is 1. The van der Waals surface area contributed by atoms with Gasteiger partial charge in [0, 0.05) is 17.7 Å². The van der Waals surface area contributed by atoms with Gasteiger partial charge >= 0.3 is 0 Å². The maximum absolute atomic E-state index is 8.94. The zero-order valence-electron chi connectivity index (χ0n) is 15.6. The molecule has 3 aromatic rings. The van der Waals surface area contributed by atoms with Crippen molar-refractivity contribution in [3.05, 3.63) is 95.6 Å². The molecule has 0 fully saturated rings. The van der Waals surface area contributed by atoms with Crippen LogP contribution in [-0.4, -0.2) is 11.7 Å². The van der Waals surface area contributed by atoms with Gasteiger partial charge in [0.2, 0.25) is 0 Å². The van der Waals surface area contributed by atoms with Gasteiger partial charge in [-0.05, 0) is 53.8 Å². The third-order valence-corrected chi connectivity index (χ3v) is 3.87. The summed E-state index contributed by atoms with van der Waals surface area (Å²) in [5, 5.41) is 8.94. The molecule has 132 valence electrons. The summed E-state index contributed by atoms with van der Waals surface area (Å²) in [6.07, 6.45) is 1.67. The van der Waals surface area contributed by atoms with E-state index in [0.29, 0.717) is 0 Å². The highest BCUT2D eigenvalue weighted by molar-refractivity contribution is 5.65. The molecule has 0 bridgehead atoms. The van der Waals surface area contributed by atoms with Crippen molar-refractivity contribution in [3.8, 4) is 23.0 Å². The third kappa shape index (κ3) is 5.92. The van der Waals surface area contributed by atoms with Gasteiger partial charge in [0.05, 0.1) is 0 Å². The molecule has 1 nitrogen and oxygen atoms in total. The van der Waals surface area contributed by atoms with E-state index in [1.165, 1.54) is 16.7 Å². The molecule has 0 aliphatic rings. The molecule has 0 radical (unpaired) electrons. The minimum Gasteiger partial charge on any atom is -0.396 e. The van der Waals surface area contributed by atoms with E-state index in [1.54, 1.807) is 0 Å². The topological polar surface area (TPSA) is 20.2 Å². The molecule has 0 aliphatic carbocycles. The monoisotopic (exact) mass is 342 g/mol. The molecule has 0 spiro atoms. The van der Waals surface area contributed by atoms with Crippen molar-refractivity contribution >= 4 is 0 Å². The standard InChI is InChI=1S/C23H20O.C2H6/c24-16-6-10-19-7-4-8-20(17-19)14-15-21-9-5-13-23(18-21)22-11-2-1-3-12-22;1-2/h1-5,7-9,11-13,17-18,24H,6,10,16H2;1-2H3. The Kier molecular flexibility index (Phi) is 8.19. The second-order valence-corrected chi connectivity index (χ2v) is 5.72. The van der Waals surface area contributed by atoms with Gasteiger partial charge in [0.1, 0.15) is 0 Å². The van der Waals surface area contributed by atoms with Crippen LogP contribution in [0.5, 0.6) is 0 Å². The molecule has 0 saturated heterocycles. The van der Waals surface area contributed by atoms with Crippen molar-refractivity contribution in [2.24, 2.45) is 0 Å². The molecule has 3 rings (SSSR count). The number of aliphatic hydroxyl groups is 1. The quantitative estimate of drug-likeness (QED) is 0.603. The number of aryl methyl sites for hydroxylation is 1. The highest BCUT2D eigenvalue weighted by Crippen LogP contribution is 2.19. The lowest BCUT2D eigenvalue weighted by Crippen LogP contribution is -1.89. The van der Waals surface area contributed by atoms with Gasteiger partial charge in [-0.25, -0.2) is 0 Å². The Morgan fingerprint density at radius 3 is 2.00 bits per heavy atom. The van der Waals surface area contributed by atoms with Crippen molar-refractivity contribution in [2.75, 3.05) is 6.61 Å². The van der Waals surface area contributed by atoms with Crippen molar-refractivity contribution in [1.82, 2.24) is 0 Å². The van der Waals surface area contributed by atoms with Gasteiger partial charge in [-0.1, -0.05) is 80.3 Å². The number of hydrogen-bond acceptors (Lipinski definition) is 1. The first kappa shape index (κ1) is 19.5. The predicted octanol–water partition coefficient (Wildman–Crippen LogP) is 5.70. The van der Waals surface area contributed by atoms with Crippen molar-refractivity contribution in [1.29, 1.82) is 0 Å². The van der Waals surface area contributed by atoms with E-state index in [9.17, 15) is 0 Å². The normalized spacial score (nSPS) is 9.50. The van der Waals surface area contributed by atoms with E-state index >= 15 is 0 Å². The molecule has 0 amide bonds. The first-order chi connectivity index (χ1) is 12.8. The Bertz CT molecular complexity index is 854. The fourth-order valence-corrected chi connectivity index (χ4v) is 2.64. The van der Waals surface area contributed by atoms with Crippen LogP contribution in [-0.2, 0) is 6.42 Å². The van der Waals surface area contributed by atoms with Gasteiger partial charge in [-0.15, -0.1) is 0 Å². The minimum atomic E-state index is 0.224. The summed E-state index contributed by atoms with van der Waals surface area (Å²) in [4.78, 5) is 0. The summed E-state index contributed by atoms with van der Waals surface area (Å²) in [7, 11) is 0. The summed E-state index contributed by atoms with van der Waals surface area (Å²) >= 11 is 0. The van der Waals surface area contributed by atoms with Gasteiger partial charge in [-0.3, -0.25) is 0 Å². The first-order valence-corrected chi connectivity index (χ1v) is 9.22. The van der Waals surface area contributed by atoms with Crippen LogP contribution in [0.3, 0.4) is 0 Å². The number of benzene rings is 3. The van der Waals surface area contributed by atoms with Crippen LogP contribution in [0.4, 0.5) is 0 Å². The van der Waals surface area contributed by atoms with E-state index in [1.807, 2.05) is 56.3 Å². The molecular formula is C25H26O. The van der Waals surface area contributed by atoms with Crippen LogP contribution in [0, 0.1) is 11.8 Å². The first-order valence-electron chi connectivity index (χ1n) is 9.22. The van der Waals surface area contributed by atoms with Crippen molar-refractivity contribution in [2.45, 2.75) is 26.7 Å². The second kappa shape index (κ2) is 10.9. The molecule has 1 heteroatoms. The summed E-state index contributed by atoms with van der Waals surface area (Å²) in [5.74, 6) is 6.50. The Hall–Kier alpha value is -2.82. The maximum atomic E-state index is 8.94. The molecule has 0 aromatic heterocycles. The molecule has 0 atom stereocenters. The lowest BCUT2D eigenvalue weighted by molar-refractivity contribution is 0.288. The molecule has 0 heterocycles. The zero-order valence-corrected chi connectivity index (χ0v) is 15.6. The summed E-state index contributed by atoms with van der Waals surface area (Å²) < 4.78 is 0. The molecule has 0 saturated carbocycles. The smallest absolute Gasteiger partial charge is 0.0434 e. The highest BCUT2D eigenvalue weighted by Gasteiger charge is 1.97. The van der Waals surface area contributed by atoms with Gasteiger partial charge in [-0.2, -0.15) is 0 Å². The van der Waals surface area contributed by atoms with E-state index in [-0.39, 0.29) is 6.61 Å². The van der Waals surface area contributed by atoms with Crippen LogP contribution in [0.25, 0.3) is 11.1 Å². The lowest BCUT2D eigenvalue weighted by Gasteiger charge is -2.02. The fourth-order valence-electron chi connectivity index (χ4n) is 2.64. The zero-order chi connectivity index (χ0) is 18.6. The van der Waals surface area contributed by atoms with E-state index < -0.39 is 0 Å². The molecule has 0 aliphatic heterocycles. The van der Waals surface area contributed by atoms with Crippen LogP contribution >= 0.6 is 0 Å². The third-order valence-electron chi connectivity index (χ3n) is 3.87. The van der Waals surface area contributed by atoms with Gasteiger partial charge in [0.25, 0.3) is 0 Å². The Balaban J connectivity index is 0.00000117. The van der Waals surface area contributed by atoms with Gasteiger partial charge < -0.3 is 5.11 Å². The molecular weight excluding hydrogens is 316 g/mol.